The summed E-state index contributed by atoms with van der Waals surface area (Å²) in [7, 11) is 0. The molecular formula is C23H26FNO. The number of nitrogens with zero attached hydrogens (tertiary/aromatic N) is 1. The quantitative estimate of drug-likeness (QED) is 0.747. The van der Waals surface area contributed by atoms with E-state index in [1.807, 2.05) is 12.1 Å². The third-order valence-electron chi connectivity index (χ3n) is 5.44. The van der Waals surface area contributed by atoms with Crippen LogP contribution in [0.5, 0.6) is 5.75 Å². The van der Waals surface area contributed by atoms with Gasteiger partial charge in [0.1, 0.15) is 18.2 Å². The summed E-state index contributed by atoms with van der Waals surface area (Å²) in [5.41, 5.74) is 6.04. The van der Waals surface area contributed by atoms with Gasteiger partial charge >= 0.3 is 0 Å². The highest BCUT2D eigenvalue weighted by Gasteiger charge is 2.24. The standard InChI is InChI=1S/C23H26FNO/c1-16(2)18-7-10-22-21(13-18)23(17-5-8-20(24)9-6-17)19(15-26-22)14-25-11-3-4-12-25/h5-10,13,16H,3-4,11-12,14-15H2,1-2H3. The molecule has 0 bridgehead atoms. The average molecular weight is 351 g/mol. The van der Waals surface area contributed by atoms with E-state index in [0.717, 1.165) is 36.5 Å². The first kappa shape index (κ1) is 17.3. The van der Waals surface area contributed by atoms with Crippen molar-refractivity contribution < 1.29 is 9.13 Å². The maximum Gasteiger partial charge on any atom is 0.127 e. The summed E-state index contributed by atoms with van der Waals surface area (Å²) in [4.78, 5) is 2.50. The Morgan fingerprint density at radius 1 is 1.04 bits per heavy atom. The van der Waals surface area contributed by atoms with Crippen molar-refractivity contribution in [3.63, 3.8) is 0 Å². The smallest absolute Gasteiger partial charge is 0.127 e. The van der Waals surface area contributed by atoms with Gasteiger partial charge in [0.15, 0.2) is 0 Å². The molecule has 4 rings (SSSR count). The van der Waals surface area contributed by atoms with Gasteiger partial charge in [0, 0.05) is 12.1 Å². The zero-order chi connectivity index (χ0) is 18.1. The third kappa shape index (κ3) is 3.41. The second-order valence-corrected chi connectivity index (χ2v) is 7.67. The fraction of sp³-hybridized carbons (Fsp3) is 0.391. The highest BCUT2D eigenvalue weighted by Crippen LogP contribution is 2.39. The number of hydrogen-bond acceptors (Lipinski definition) is 2. The molecule has 2 aliphatic rings. The summed E-state index contributed by atoms with van der Waals surface area (Å²) in [6.45, 7) is 8.25. The van der Waals surface area contributed by atoms with Gasteiger partial charge in [-0.05, 0) is 78.4 Å². The van der Waals surface area contributed by atoms with Crippen LogP contribution in [0, 0.1) is 5.82 Å². The summed E-state index contributed by atoms with van der Waals surface area (Å²) >= 11 is 0. The van der Waals surface area contributed by atoms with Crippen molar-refractivity contribution in [3.8, 4) is 5.75 Å². The van der Waals surface area contributed by atoms with Crippen LogP contribution < -0.4 is 4.74 Å². The molecule has 0 N–H and O–H groups in total. The van der Waals surface area contributed by atoms with Crippen LogP contribution in [0.25, 0.3) is 5.57 Å². The molecule has 2 heterocycles. The van der Waals surface area contributed by atoms with E-state index in [1.54, 1.807) is 12.1 Å². The van der Waals surface area contributed by atoms with Crippen molar-refractivity contribution in [2.45, 2.75) is 32.6 Å². The minimum atomic E-state index is -0.196. The Balaban J connectivity index is 1.83. The topological polar surface area (TPSA) is 12.5 Å². The molecule has 0 amide bonds. The summed E-state index contributed by atoms with van der Waals surface area (Å²) in [5, 5.41) is 0. The first-order valence-corrected chi connectivity index (χ1v) is 9.59. The van der Waals surface area contributed by atoms with Crippen LogP contribution in [-0.4, -0.2) is 31.1 Å². The van der Waals surface area contributed by atoms with Crippen molar-refractivity contribution in [1.82, 2.24) is 4.90 Å². The number of ether oxygens (including phenoxy) is 1. The second-order valence-electron chi connectivity index (χ2n) is 7.67. The van der Waals surface area contributed by atoms with E-state index in [2.05, 4.69) is 36.9 Å². The van der Waals surface area contributed by atoms with Gasteiger partial charge in [-0.15, -0.1) is 0 Å². The van der Waals surface area contributed by atoms with Crippen molar-refractivity contribution in [2.24, 2.45) is 0 Å². The van der Waals surface area contributed by atoms with Gasteiger partial charge in [-0.3, -0.25) is 4.90 Å². The van der Waals surface area contributed by atoms with E-state index in [4.69, 9.17) is 4.74 Å². The molecule has 0 spiro atoms. The highest BCUT2D eigenvalue weighted by molar-refractivity contribution is 5.86. The number of benzene rings is 2. The molecule has 0 radical (unpaired) electrons. The number of likely N-dealkylation sites (tertiary alicyclic amines) is 1. The maximum absolute atomic E-state index is 13.5. The predicted molar refractivity (Wildman–Crippen MR) is 104 cm³/mol. The van der Waals surface area contributed by atoms with Crippen LogP contribution in [0.3, 0.4) is 0 Å². The Morgan fingerprint density at radius 3 is 2.46 bits per heavy atom. The molecular weight excluding hydrogens is 325 g/mol. The van der Waals surface area contributed by atoms with E-state index in [9.17, 15) is 4.39 Å². The lowest BCUT2D eigenvalue weighted by Gasteiger charge is -2.28. The summed E-state index contributed by atoms with van der Waals surface area (Å²) < 4.78 is 19.6. The summed E-state index contributed by atoms with van der Waals surface area (Å²) in [5.74, 6) is 1.19. The lowest BCUT2D eigenvalue weighted by atomic mass is 9.88. The molecule has 2 aromatic carbocycles. The predicted octanol–water partition coefficient (Wildman–Crippen LogP) is 5.24. The molecule has 2 aromatic rings. The van der Waals surface area contributed by atoms with E-state index in [0.29, 0.717) is 12.5 Å². The van der Waals surface area contributed by atoms with Crippen LogP contribution in [-0.2, 0) is 0 Å². The van der Waals surface area contributed by atoms with E-state index >= 15 is 0 Å². The Bertz CT molecular complexity index is 817. The van der Waals surface area contributed by atoms with E-state index in [1.165, 1.54) is 29.6 Å². The molecule has 1 saturated heterocycles. The number of hydrogen-bond donors (Lipinski definition) is 0. The number of halogens is 1. The molecule has 0 aromatic heterocycles. The van der Waals surface area contributed by atoms with Crippen molar-refractivity contribution in [1.29, 1.82) is 0 Å². The van der Waals surface area contributed by atoms with Gasteiger partial charge in [-0.2, -0.15) is 0 Å². The molecule has 2 aliphatic heterocycles. The first-order chi connectivity index (χ1) is 12.6. The minimum absolute atomic E-state index is 0.196. The second kappa shape index (κ2) is 7.24. The molecule has 2 nitrogen and oxygen atoms in total. The molecule has 0 unspecified atom stereocenters. The van der Waals surface area contributed by atoms with E-state index < -0.39 is 0 Å². The zero-order valence-electron chi connectivity index (χ0n) is 15.6. The van der Waals surface area contributed by atoms with E-state index in [-0.39, 0.29) is 5.82 Å². The van der Waals surface area contributed by atoms with Gasteiger partial charge in [0.25, 0.3) is 0 Å². The molecule has 3 heteroatoms. The van der Waals surface area contributed by atoms with Crippen molar-refractivity contribution in [2.75, 3.05) is 26.2 Å². The largest absolute Gasteiger partial charge is 0.489 e. The molecule has 136 valence electrons. The molecule has 26 heavy (non-hydrogen) atoms. The minimum Gasteiger partial charge on any atom is -0.489 e. The third-order valence-corrected chi connectivity index (χ3v) is 5.44. The summed E-state index contributed by atoms with van der Waals surface area (Å²) in [6.07, 6.45) is 2.54. The first-order valence-electron chi connectivity index (χ1n) is 9.59. The normalized spacial score (nSPS) is 17.5. The summed E-state index contributed by atoms with van der Waals surface area (Å²) in [6, 6.07) is 13.4. The fourth-order valence-electron chi connectivity index (χ4n) is 3.97. The average Bonchev–Trinajstić information content (AvgIpc) is 3.15. The monoisotopic (exact) mass is 351 g/mol. The van der Waals surface area contributed by atoms with Gasteiger partial charge in [0.2, 0.25) is 0 Å². The van der Waals surface area contributed by atoms with Crippen LogP contribution in [0.15, 0.2) is 48.0 Å². The van der Waals surface area contributed by atoms with Gasteiger partial charge in [0.05, 0.1) is 0 Å². The van der Waals surface area contributed by atoms with Gasteiger partial charge < -0.3 is 4.74 Å². The van der Waals surface area contributed by atoms with Crippen LogP contribution in [0.4, 0.5) is 4.39 Å². The zero-order valence-corrected chi connectivity index (χ0v) is 15.6. The Labute approximate surface area is 155 Å². The fourth-order valence-corrected chi connectivity index (χ4v) is 3.97. The van der Waals surface area contributed by atoms with Crippen LogP contribution in [0.1, 0.15) is 49.3 Å². The Kier molecular flexibility index (Phi) is 4.82. The van der Waals surface area contributed by atoms with Crippen molar-refractivity contribution >= 4 is 5.57 Å². The van der Waals surface area contributed by atoms with Crippen LogP contribution >= 0.6 is 0 Å². The Morgan fingerprint density at radius 2 is 1.77 bits per heavy atom. The lowest BCUT2D eigenvalue weighted by molar-refractivity contribution is 0.308. The molecule has 0 saturated carbocycles. The van der Waals surface area contributed by atoms with Gasteiger partial charge in [-0.1, -0.05) is 32.0 Å². The molecule has 0 atom stereocenters. The SMILES string of the molecule is CC(C)c1ccc2c(c1)C(c1ccc(F)cc1)=C(CN1CCCC1)CO2. The lowest BCUT2D eigenvalue weighted by Crippen LogP contribution is -2.27. The van der Waals surface area contributed by atoms with Crippen molar-refractivity contribution in [3.05, 3.63) is 70.5 Å². The molecule has 0 aliphatic carbocycles. The number of fused-ring (bicyclic) bond motifs is 1. The Hall–Kier alpha value is -2.13. The molecule has 1 fully saturated rings. The maximum atomic E-state index is 13.5. The highest BCUT2D eigenvalue weighted by atomic mass is 19.1. The van der Waals surface area contributed by atoms with Gasteiger partial charge in [-0.25, -0.2) is 4.39 Å². The van der Waals surface area contributed by atoms with Crippen LogP contribution in [0.2, 0.25) is 0 Å². The number of rotatable bonds is 4.